The molecule has 1 nitrogen and oxygen atoms in total. The molecule has 0 saturated heterocycles. The Morgan fingerprint density at radius 3 is 2.83 bits per heavy atom. The van der Waals surface area contributed by atoms with E-state index in [1.807, 2.05) is 43.5 Å². The van der Waals surface area contributed by atoms with Gasteiger partial charge < -0.3 is 0 Å². The molecular weight excluding hydrogens is 146 g/mol. The van der Waals surface area contributed by atoms with Crippen LogP contribution in [0.15, 0.2) is 42.6 Å². The third kappa shape index (κ3) is 2.35. The van der Waals surface area contributed by atoms with E-state index in [1.54, 1.807) is 0 Å². The molecule has 0 bridgehead atoms. The number of aromatic nitrogens is 1. The summed E-state index contributed by atoms with van der Waals surface area (Å²) < 4.78 is 0. The number of pyridine rings is 1. The van der Waals surface area contributed by atoms with Crippen LogP contribution in [0.2, 0.25) is 0 Å². The quantitative estimate of drug-likeness (QED) is 0.604. The Morgan fingerprint density at radius 2 is 2.25 bits per heavy atom. The van der Waals surface area contributed by atoms with Crippen molar-refractivity contribution >= 4 is 5.57 Å². The number of rotatable bonds is 2. The van der Waals surface area contributed by atoms with Crippen LogP contribution >= 0.6 is 0 Å². The summed E-state index contributed by atoms with van der Waals surface area (Å²) in [5.41, 5.74) is 2.23. The van der Waals surface area contributed by atoms with E-state index in [9.17, 15) is 0 Å². The minimum absolute atomic E-state index is 1.04. The SMILES string of the molecule is C/C=C\C=C(\C)c1ccccn1. The molecule has 1 heteroatoms. The number of allylic oxidation sites excluding steroid dienone is 4. The molecule has 62 valence electrons. The average Bonchev–Trinajstić information content (AvgIpc) is 2.15. The molecule has 0 aliphatic heterocycles. The molecule has 0 atom stereocenters. The van der Waals surface area contributed by atoms with Gasteiger partial charge in [0.1, 0.15) is 0 Å². The lowest BCUT2D eigenvalue weighted by molar-refractivity contribution is 1.27. The maximum Gasteiger partial charge on any atom is 0.0658 e. The van der Waals surface area contributed by atoms with Crippen molar-refractivity contribution in [1.82, 2.24) is 4.98 Å². The molecule has 0 spiro atoms. The molecule has 0 fully saturated rings. The minimum Gasteiger partial charge on any atom is -0.257 e. The zero-order chi connectivity index (χ0) is 8.81. The van der Waals surface area contributed by atoms with Crippen molar-refractivity contribution in [3.63, 3.8) is 0 Å². The van der Waals surface area contributed by atoms with Crippen LogP contribution in [-0.4, -0.2) is 4.98 Å². The summed E-state index contributed by atoms with van der Waals surface area (Å²) in [6, 6.07) is 5.93. The van der Waals surface area contributed by atoms with Crippen molar-refractivity contribution in [3.05, 3.63) is 48.3 Å². The second-order valence-corrected chi connectivity index (χ2v) is 2.59. The van der Waals surface area contributed by atoms with E-state index in [-0.39, 0.29) is 0 Å². The molecule has 0 aromatic carbocycles. The lowest BCUT2D eigenvalue weighted by Crippen LogP contribution is -1.82. The Hall–Kier alpha value is -1.37. The van der Waals surface area contributed by atoms with E-state index in [2.05, 4.69) is 18.0 Å². The molecule has 0 amide bonds. The lowest BCUT2D eigenvalue weighted by atomic mass is 10.2. The second kappa shape index (κ2) is 4.50. The molecule has 0 radical (unpaired) electrons. The minimum atomic E-state index is 1.04. The van der Waals surface area contributed by atoms with Crippen LogP contribution in [0.4, 0.5) is 0 Å². The summed E-state index contributed by atoms with van der Waals surface area (Å²) >= 11 is 0. The highest BCUT2D eigenvalue weighted by molar-refractivity contribution is 5.61. The smallest absolute Gasteiger partial charge is 0.0658 e. The van der Waals surface area contributed by atoms with Crippen LogP contribution < -0.4 is 0 Å². The number of nitrogens with zero attached hydrogens (tertiary/aromatic N) is 1. The van der Waals surface area contributed by atoms with Gasteiger partial charge in [0.2, 0.25) is 0 Å². The highest BCUT2D eigenvalue weighted by atomic mass is 14.7. The van der Waals surface area contributed by atoms with Crippen LogP contribution in [0, 0.1) is 0 Å². The van der Waals surface area contributed by atoms with Gasteiger partial charge in [-0.05, 0) is 31.6 Å². The lowest BCUT2D eigenvalue weighted by Gasteiger charge is -1.96. The summed E-state index contributed by atoms with van der Waals surface area (Å²) in [6.07, 6.45) is 7.89. The molecule has 0 aliphatic carbocycles. The van der Waals surface area contributed by atoms with Crippen LogP contribution in [0.1, 0.15) is 19.5 Å². The van der Waals surface area contributed by atoms with E-state index < -0.39 is 0 Å². The van der Waals surface area contributed by atoms with Crippen LogP contribution in [0.5, 0.6) is 0 Å². The Labute approximate surface area is 73.5 Å². The standard InChI is InChI=1S/C11H13N/c1-3-4-7-10(2)11-8-5-6-9-12-11/h3-9H,1-2H3/b4-3-,10-7-. The Kier molecular flexibility index (Phi) is 3.27. The summed E-state index contributed by atoms with van der Waals surface area (Å²) in [5.74, 6) is 0. The third-order valence-corrected chi connectivity index (χ3v) is 1.61. The summed E-state index contributed by atoms with van der Waals surface area (Å²) in [5, 5.41) is 0. The molecule has 0 aliphatic rings. The van der Waals surface area contributed by atoms with E-state index >= 15 is 0 Å². The van der Waals surface area contributed by atoms with Gasteiger partial charge in [0.15, 0.2) is 0 Å². The summed E-state index contributed by atoms with van der Waals surface area (Å²) in [4.78, 5) is 4.23. The first-order valence-corrected chi connectivity index (χ1v) is 4.05. The van der Waals surface area contributed by atoms with Gasteiger partial charge in [0, 0.05) is 6.20 Å². The van der Waals surface area contributed by atoms with Gasteiger partial charge >= 0.3 is 0 Å². The van der Waals surface area contributed by atoms with E-state index in [4.69, 9.17) is 0 Å². The maximum absolute atomic E-state index is 4.23. The van der Waals surface area contributed by atoms with Crippen molar-refractivity contribution in [2.45, 2.75) is 13.8 Å². The second-order valence-electron chi connectivity index (χ2n) is 2.59. The first kappa shape index (κ1) is 8.72. The van der Waals surface area contributed by atoms with Crippen LogP contribution in [0.25, 0.3) is 5.57 Å². The predicted octanol–water partition coefficient (Wildman–Crippen LogP) is 3.06. The third-order valence-electron chi connectivity index (χ3n) is 1.61. The van der Waals surface area contributed by atoms with Gasteiger partial charge in [0.25, 0.3) is 0 Å². The first-order valence-electron chi connectivity index (χ1n) is 4.05. The fourth-order valence-corrected chi connectivity index (χ4v) is 0.922. The highest BCUT2D eigenvalue weighted by Gasteiger charge is 1.91. The van der Waals surface area contributed by atoms with Crippen molar-refractivity contribution in [1.29, 1.82) is 0 Å². The van der Waals surface area contributed by atoms with E-state index in [1.165, 1.54) is 5.57 Å². The molecule has 1 heterocycles. The molecule has 12 heavy (non-hydrogen) atoms. The van der Waals surface area contributed by atoms with Crippen LogP contribution in [0.3, 0.4) is 0 Å². The van der Waals surface area contributed by atoms with Crippen molar-refractivity contribution in [2.24, 2.45) is 0 Å². The van der Waals surface area contributed by atoms with Gasteiger partial charge in [-0.3, -0.25) is 4.98 Å². The Bertz CT molecular complexity index is 283. The molecular formula is C11H13N. The van der Waals surface area contributed by atoms with E-state index in [0.29, 0.717) is 0 Å². The molecule has 1 rings (SSSR count). The predicted molar refractivity (Wildman–Crippen MR) is 52.7 cm³/mol. The average molecular weight is 159 g/mol. The number of hydrogen-bond donors (Lipinski definition) is 0. The summed E-state index contributed by atoms with van der Waals surface area (Å²) in [6.45, 7) is 4.06. The fraction of sp³-hybridized carbons (Fsp3) is 0.182. The monoisotopic (exact) mass is 159 g/mol. The fourth-order valence-electron chi connectivity index (χ4n) is 0.922. The van der Waals surface area contributed by atoms with Crippen molar-refractivity contribution < 1.29 is 0 Å². The molecule has 0 unspecified atom stereocenters. The Balaban J connectivity index is 2.85. The molecule has 0 N–H and O–H groups in total. The molecule has 1 aromatic heterocycles. The molecule has 0 saturated carbocycles. The largest absolute Gasteiger partial charge is 0.257 e. The zero-order valence-electron chi connectivity index (χ0n) is 7.49. The van der Waals surface area contributed by atoms with E-state index in [0.717, 1.165) is 5.69 Å². The summed E-state index contributed by atoms with van der Waals surface area (Å²) in [7, 11) is 0. The zero-order valence-corrected chi connectivity index (χ0v) is 7.49. The van der Waals surface area contributed by atoms with Crippen molar-refractivity contribution in [3.8, 4) is 0 Å². The van der Waals surface area contributed by atoms with Gasteiger partial charge in [0.05, 0.1) is 5.69 Å². The van der Waals surface area contributed by atoms with Crippen LogP contribution in [-0.2, 0) is 0 Å². The topological polar surface area (TPSA) is 12.9 Å². The Morgan fingerprint density at radius 1 is 1.42 bits per heavy atom. The molecule has 1 aromatic rings. The van der Waals surface area contributed by atoms with Gasteiger partial charge in [-0.1, -0.05) is 24.3 Å². The number of hydrogen-bond acceptors (Lipinski definition) is 1. The maximum atomic E-state index is 4.23. The highest BCUT2D eigenvalue weighted by Crippen LogP contribution is 2.08. The van der Waals surface area contributed by atoms with Gasteiger partial charge in [-0.2, -0.15) is 0 Å². The first-order chi connectivity index (χ1) is 5.84. The van der Waals surface area contributed by atoms with Crippen molar-refractivity contribution in [2.75, 3.05) is 0 Å². The van der Waals surface area contributed by atoms with Gasteiger partial charge in [-0.25, -0.2) is 0 Å². The normalized spacial score (nSPS) is 12.3. The van der Waals surface area contributed by atoms with Gasteiger partial charge in [-0.15, -0.1) is 0 Å².